The molecule has 0 radical (unpaired) electrons. The molecule has 1 aliphatic rings. The van der Waals surface area contributed by atoms with Crippen molar-refractivity contribution < 1.29 is 9.53 Å². The van der Waals surface area contributed by atoms with Gasteiger partial charge in [-0.2, -0.15) is 0 Å². The maximum absolute atomic E-state index is 12.1. The van der Waals surface area contributed by atoms with Crippen LogP contribution in [0.2, 0.25) is 0 Å². The number of rotatable bonds is 4. The minimum atomic E-state index is -0.474. The third kappa shape index (κ3) is 6.52. The molecule has 2 unspecified atom stereocenters. The SMILES string of the molecule is CC(C)(C)OC(=O)NC1CCCCCC1NCc1ccncn1. The summed E-state index contributed by atoms with van der Waals surface area (Å²) >= 11 is 0. The Hall–Kier alpha value is -1.69. The third-order valence-corrected chi connectivity index (χ3v) is 3.91. The highest BCUT2D eigenvalue weighted by Crippen LogP contribution is 2.19. The molecule has 1 heterocycles. The summed E-state index contributed by atoms with van der Waals surface area (Å²) in [4.78, 5) is 20.2. The number of nitrogens with one attached hydrogen (secondary N) is 2. The first-order valence-electron chi connectivity index (χ1n) is 8.42. The molecule has 1 amide bonds. The molecule has 0 bridgehead atoms. The summed E-state index contributed by atoms with van der Waals surface area (Å²) in [5.74, 6) is 0. The largest absolute Gasteiger partial charge is 0.444 e. The van der Waals surface area contributed by atoms with Crippen LogP contribution in [0.4, 0.5) is 4.79 Å². The Morgan fingerprint density at radius 1 is 1.26 bits per heavy atom. The Balaban J connectivity index is 1.92. The number of ether oxygens (including phenoxy) is 1. The minimum absolute atomic E-state index is 0.0918. The van der Waals surface area contributed by atoms with E-state index in [2.05, 4.69) is 20.6 Å². The molecule has 2 rings (SSSR count). The molecule has 6 heteroatoms. The lowest BCUT2D eigenvalue weighted by Gasteiger charge is -2.28. The molecule has 1 fully saturated rings. The topological polar surface area (TPSA) is 76.1 Å². The zero-order valence-corrected chi connectivity index (χ0v) is 14.3. The van der Waals surface area contributed by atoms with Crippen molar-refractivity contribution in [1.82, 2.24) is 20.6 Å². The van der Waals surface area contributed by atoms with Gasteiger partial charge in [-0.3, -0.25) is 0 Å². The monoisotopic (exact) mass is 320 g/mol. The van der Waals surface area contributed by atoms with Gasteiger partial charge in [0.25, 0.3) is 0 Å². The summed E-state index contributed by atoms with van der Waals surface area (Å²) in [7, 11) is 0. The van der Waals surface area contributed by atoms with Crippen LogP contribution in [0.25, 0.3) is 0 Å². The first kappa shape index (κ1) is 17.7. The second kappa shape index (κ2) is 8.24. The second-order valence-corrected chi connectivity index (χ2v) is 7.08. The molecule has 6 nitrogen and oxygen atoms in total. The quantitative estimate of drug-likeness (QED) is 0.834. The van der Waals surface area contributed by atoms with Crippen LogP contribution in [0.15, 0.2) is 18.6 Å². The fourth-order valence-electron chi connectivity index (χ4n) is 2.84. The molecule has 23 heavy (non-hydrogen) atoms. The van der Waals surface area contributed by atoms with Gasteiger partial charge in [-0.1, -0.05) is 19.3 Å². The van der Waals surface area contributed by atoms with Crippen molar-refractivity contribution in [3.63, 3.8) is 0 Å². The van der Waals surface area contributed by atoms with Crippen molar-refractivity contribution in [3.05, 3.63) is 24.3 Å². The predicted molar refractivity (Wildman–Crippen MR) is 88.9 cm³/mol. The lowest BCUT2D eigenvalue weighted by Crippen LogP contribution is -2.50. The van der Waals surface area contributed by atoms with Crippen molar-refractivity contribution in [2.24, 2.45) is 0 Å². The molecule has 0 spiro atoms. The third-order valence-electron chi connectivity index (χ3n) is 3.91. The van der Waals surface area contributed by atoms with Crippen molar-refractivity contribution in [1.29, 1.82) is 0 Å². The average molecular weight is 320 g/mol. The molecule has 1 aliphatic carbocycles. The number of amides is 1. The lowest BCUT2D eigenvalue weighted by molar-refractivity contribution is 0.0489. The van der Waals surface area contributed by atoms with Gasteiger partial charge < -0.3 is 15.4 Å². The molecule has 128 valence electrons. The summed E-state index contributed by atoms with van der Waals surface area (Å²) in [6, 6.07) is 2.23. The summed E-state index contributed by atoms with van der Waals surface area (Å²) in [5, 5.41) is 6.58. The molecule has 2 atom stereocenters. The minimum Gasteiger partial charge on any atom is -0.444 e. The molecule has 1 saturated carbocycles. The highest BCUT2D eigenvalue weighted by Gasteiger charge is 2.27. The van der Waals surface area contributed by atoms with E-state index in [1.807, 2.05) is 26.8 Å². The normalized spacial score (nSPS) is 22.2. The highest BCUT2D eigenvalue weighted by molar-refractivity contribution is 5.68. The van der Waals surface area contributed by atoms with Gasteiger partial charge in [0.1, 0.15) is 11.9 Å². The average Bonchev–Trinajstić information content (AvgIpc) is 2.69. The number of carbonyl (C=O) groups excluding carboxylic acids is 1. The van der Waals surface area contributed by atoms with Crippen LogP contribution in [0.5, 0.6) is 0 Å². The molecule has 2 N–H and O–H groups in total. The van der Waals surface area contributed by atoms with Crippen molar-refractivity contribution >= 4 is 6.09 Å². The van der Waals surface area contributed by atoms with Gasteiger partial charge >= 0.3 is 6.09 Å². The summed E-state index contributed by atoms with van der Waals surface area (Å²) in [6.07, 6.45) is 8.50. The number of hydrogen-bond acceptors (Lipinski definition) is 5. The number of carbonyl (C=O) groups is 1. The molecule has 1 aromatic heterocycles. The van der Waals surface area contributed by atoms with Gasteiger partial charge in [-0.05, 0) is 39.7 Å². The Kier molecular flexibility index (Phi) is 6.33. The van der Waals surface area contributed by atoms with E-state index < -0.39 is 5.60 Å². The summed E-state index contributed by atoms with van der Waals surface area (Å²) in [6.45, 7) is 6.32. The van der Waals surface area contributed by atoms with Gasteiger partial charge in [-0.25, -0.2) is 14.8 Å². The first-order chi connectivity index (χ1) is 10.9. The molecule has 0 saturated heterocycles. The zero-order valence-electron chi connectivity index (χ0n) is 14.3. The predicted octanol–water partition coefficient (Wildman–Crippen LogP) is 2.79. The van der Waals surface area contributed by atoms with Crippen LogP contribution in [-0.2, 0) is 11.3 Å². The van der Waals surface area contributed by atoms with E-state index in [0.29, 0.717) is 6.54 Å². The molecule has 1 aromatic rings. The van der Waals surface area contributed by atoms with E-state index in [-0.39, 0.29) is 18.2 Å². The van der Waals surface area contributed by atoms with Gasteiger partial charge in [0.15, 0.2) is 0 Å². The van der Waals surface area contributed by atoms with Crippen LogP contribution in [0.1, 0.15) is 58.6 Å². The fraction of sp³-hybridized carbons (Fsp3) is 0.706. The van der Waals surface area contributed by atoms with Gasteiger partial charge in [-0.15, -0.1) is 0 Å². The Labute approximate surface area is 138 Å². The number of aromatic nitrogens is 2. The van der Waals surface area contributed by atoms with Gasteiger partial charge in [0.2, 0.25) is 0 Å². The van der Waals surface area contributed by atoms with E-state index in [9.17, 15) is 4.79 Å². The Morgan fingerprint density at radius 3 is 2.65 bits per heavy atom. The number of alkyl carbamates (subject to hydrolysis) is 1. The van der Waals surface area contributed by atoms with E-state index in [1.165, 1.54) is 12.8 Å². The first-order valence-corrected chi connectivity index (χ1v) is 8.42. The van der Waals surface area contributed by atoms with Crippen LogP contribution < -0.4 is 10.6 Å². The van der Waals surface area contributed by atoms with E-state index >= 15 is 0 Å². The van der Waals surface area contributed by atoms with Gasteiger partial charge in [0, 0.05) is 24.8 Å². The van der Waals surface area contributed by atoms with E-state index in [1.54, 1.807) is 12.5 Å². The van der Waals surface area contributed by atoms with Crippen LogP contribution in [0.3, 0.4) is 0 Å². The smallest absolute Gasteiger partial charge is 0.407 e. The standard InChI is InChI=1S/C17H28N4O2/c1-17(2,3)23-16(22)21-15-8-6-4-5-7-14(15)19-11-13-9-10-18-12-20-13/h9-10,12,14-15,19H,4-8,11H2,1-3H3,(H,21,22). The van der Waals surface area contributed by atoms with E-state index in [0.717, 1.165) is 25.0 Å². The van der Waals surface area contributed by atoms with Crippen molar-refractivity contribution in [2.45, 2.75) is 77.1 Å². The van der Waals surface area contributed by atoms with Gasteiger partial charge in [0.05, 0.1) is 5.69 Å². The molecular weight excluding hydrogens is 292 g/mol. The number of hydrogen-bond donors (Lipinski definition) is 2. The van der Waals surface area contributed by atoms with Crippen molar-refractivity contribution in [2.75, 3.05) is 0 Å². The second-order valence-electron chi connectivity index (χ2n) is 7.08. The maximum Gasteiger partial charge on any atom is 0.407 e. The fourth-order valence-corrected chi connectivity index (χ4v) is 2.84. The molecular formula is C17H28N4O2. The Bertz CT molecular complexity index is 487. The molecule has 0 aromatic carbocycles. The van der Waals surface area contributed by atoms with E-state index in [4.69, 9.17) is 4.74 Å². The molecule has 0 aliphatic heterocycles. The van der Waals surface area contributed by atoms with Crippen LogP contribution in [-0.4, -0.2) is 33.7 Å². The summed E-state index contributed by atoms with van der Waals surface area (Å²) in [5.41, 5.74) is 0.485. The Morgan fingerprint density at radius 2 is 2.00 bits per heavy atom. The maximum atomic E-state index is 12.1. The highest BCUT2D eigenvalue weighted by atomic mass is 16.6. The summed E-state index contributed by atoms with van der Waals surface area (Å²) < 4.78 is 5.39. The van der Waals surface area contributed by atoms with Crippen molar-refractivity contribution in [3.8, 4) is 0 Å². The zero-order chi connectivity index (χ0) is 16.7. The lowest BCUT2D eigenvalue weighted by atomic mass is 10.0. The van der Waals surface area contributed by atoms with Crippen LogP contribution >= 0.6 is 0 Å². The number of nitrogens with zero attached hydrogens (tertiary/aromatic N) is 2. The van der Waals surface area contributed by atoms with Crippen LogP contribution in [0, 0.1) is 0 Å².